The quantitative estimate of drug-likeness (QED) is 0.786. The molecule has 5 nitrogen and oxygen atoms in total. The number of nitrogens with one attached hydrogen (secondary N) is 2. The van der Waals surface area contributed by atoms with Crippen molar-refractivity contribution >= 4 is 23.5 Å². The molecule has 0 unspecified atom stereocenters. The van der Waals surface area contributed by atoms with Crippen LogP contribution in [0.3, 0.4) is 0 Å². The predicted octanol–water partition coefficient (Wildman–Crippen LogP) is 1.52. The summed E-state index contributed by atoms with van der Waals surface area (Å²) in [5, 5.41) is 6.19. The van der Waals surface area contributed by atoms with Crippen molar-refractivity contribution in [2.24, 2.45) is 0 Å². The molecule has 1 aliphatic rings. The molecule has 1 saturated heterocycles. The Bertz CT molecular complexity index is 398. The van der Waals surface area contributed by atoms with Gasteiger partial charge in [0.05, 0.1) is 6.04 Å². The van der Waals surface area contributed by atoms with E-state index in [1.165, 1.54) is 0 Å². The lowest BCUT2D eigenvalue weighted by Crippen LogP contribution is -2.43. The maximum atomic E-state index is 11.9. The van der Waals surface area contributed by atoms with Gasteiger partial charge in [-0.3, -0.25) is 10.1 Å². The fraction of sp³-hybridized carbons (Fsp3) is 0.545. The van der Waals surface area contributed by atoms with Crippen LogP contribution in [-0.2, 0) is 4.79 Å². The van der Waals surface area contributed by atoms with E-state index >= 15 is 0 Å². The Morgan fingerprint density at radius 1 is 1.53 bits per heavy atom. The number of halogens is 1. The molecule has 1 amide bonds. The summed E-state index contributed by atoms with van der Waals surface area (Å²) in [4.78, 5) is 20.0. The normalized spacial score (nSPS) is 20.0. The van der Waals surface area contributed by atoms with E-state index in [1.807, 2.05) is 6.92 Å². The van der Waals surface area contributed by atoms with E-state index < -0.39 is 0 Å². The molecule has 1 aromatic rings. The summed E-state index contributed by atoms with van der Waals surface area (Å²) in [6, 6.07) is 1.50. The van der Waals surface area contributed by atoms with Crippen molar-refractivity contribution in [1.82, 2.24) is 15.3 Å². The van der Waals surface area contributed by atoms with Crippen molar-refractivity contribution in [3.63, 3.8) is 0 Å². The van der Waals surface area contributed by atoms with Crippen LogP contribution < -0.4 is 10.6 Å². The first-order valence-electron chi connectivity index (χ1n) is 5.70. The second kappa shape index (κ2) is 5.42. The van der Waals surface area contributed by atoms with Crippen LogP contribution in [-0.4, -0.2) is 28.5 Å². The Morgan fingerprint density at radius 2 is 2.35 bits per heavy atom. The van der Waals surface area contributed by atoms with Gasteiger partial charge in [-0.2, -0.15) is 0 Å². The number of carbonyl (C=O) groups excluding carboxylic acids is 1. The van der Waals surface area contributed by atoms with Crippen LogP contribution in [0, 0.1) is 6.92 Å². The molecule has 0 aromatic carbocycles. The van der Waals surface area contributed by atoms with E-state index in [1.54, 1.807) is 6.07 Å². The summed E-state index contributed by atoms with van der Waals surface area (Å²) in [5.74, 6) is 0.179. The molecule has 92 valence electrons. The maximum Gasteiger partial charge on any atom is 0.243 e. The lowest BCUT2D eigenvalue weighted by atomic mass is 10.0. The van der Waals surface area contributed by atoms with Crippen molar-refractivity contribution in [2.45, 2.75) is 32.2 Å². The largest absolute Gasteiger partial charge is 0.306 e. The SMILES string of the molecule is Cc1cc(Cl)nc(NC(=O)[C@H]2CCCCN2)n1. The Balaban J connectivity index is 2.01. The molecule has 2 rings (SSSR count). The average Bonchev–Trinajstić information content (AvgIpc) is 2.28. The third kappa shape index (κ3) is 3.38. The summed E-state index contributed by atoms with van der Waals surface area (Å²) in [6.07, 6.45) is 3.04. The molecule has 6 heteroatoms. The molecule has 1 fully saturated rings. The first-order chi connectivity index (χ1) is 8.15. The second-order valence-electron chi connectivity index (χ2n) is 4.15. The fourth-order valence-corrected chi connectivity index (χ4v) is 2.10. The second-order valence-corrected chi connectivity index (χ2v) is 4.53. The Morgan fingerprint density at radius 3 is 3.00 bits per heavy atom. The lowest BCUT2D eigenvalue weighted by molar-refractivity contribution is -0.118. The van der Waals surface area contributed by atoms with Gasteiger partial charge in [0.1, 0.15) is 5.15 Å². The zero-order valence-electron chi connectivity index (χ0n) is 9.66. The van der Waals surface area contributed by atoms with Gasteiger partial charge in [-0.05, 0) is 32.4 Å². The van der Waals surface area contributed by atoms with Crippen LogP contribution >= 0.6 is 11.6 Å². The summed E-state index contributed by atoms with van der Waals surface area (Å²) >= 11 is 5.80. The molecule has 0 aliphatic carbocycles. The van der Waals surface area contributed by atoms with Crippen molar-refractivity contribution in [3.8, 4) is 0 Å². The van der Waals surface area contributed by atoms with Gasteiger partial charge in [0.15, 0.2) is 0 Å². The number of carbonyl (C=O) groups is 1. The number of aromatic nitrogens is 2. The minimum absolute atomic E-state index is 0.0913. The van der Waals surface area contributed by atoms with Crippen LogP contribution in [0.1, 0.15) is 25.0 Å². The number of anilines is 1. The van der Waals surface area contributed by atoms with Gasteiger partial charge in [-0.25, -0.2) is 9.97 Å². The number of hydrogen-bond donors (Lipinski definition) is 2. The van der Waals surface area contributed by atoms with E-state index in [0.29, 0.717) is 5.15 Å². The van der Waals surface area contributed by atoms with Crippen LogP contribution in [0.25, 0.3) is 0 Å². The third-order valence-corrected chi connectivity index (χ3v) is 2.88. The molecule has 1 aliphatic heterocycles. The average molecular weight is 255 g/mol. The zero-order chi connectivity index (χ0) is 12.3. The van der Waals surface area contributed by atoms with Crippen molar-refractivity contribution < 1.29 is 4.79 Å². The van der Waals surface area contributed by atoms with Crippen molar-refractivity contribution in [1.29, 1.82) is 0 Å². The van der Waals surface area contributed by atoms with Gasteiger partial charge < -0.3 is 5.32 Å². The number of piperidine rings is 1. The Hall–Kier alpha value is -1.20. The molecule has 1 aromatic heterocycles. The first-order valence-corrected chi connectivity index (χ1v) is 6.08. The predicted molar refractivity (Wildman–Crippen MR) is 66.1 cm³/mol. The summed E-state index contributed by atoms with van der Waals surface area (Å²) < 4.78 is 0. The topological polar surface area (TPSA) is 66.9 Å². The number of aryl methyl sites for hydroxylation is 1. The molecule has 0 spiro atoms. The summed E-state index contributed by atoms with van der Waals surface area (Å²) in [6.45, 7) is 2.69. The third-order valence-electron chi connectivity index (χ3n) is 2.68. The Kier molecular flexibility index (Phi) is 3.91. The van der Waals surface area contributed by atoms with Gasteiger partial charge in [0.2, 0.25) is 11.9 Å². The molecule has 0 saturated carbocycles. The van der Waals surface area contributed by atoms with Crippen LogP contribution in [0.5, 0.6) is 0 Å². The highest BCUT2D eigenvalue weighted by atomic mass is 35.5. The van der Waals surface area contributed by atoms with Crippen LogP contribution in [0.2, 0.25) is 5.15 Å². The van der Waals surface area contributed by atoms with E-state index in [0.717, 1.165) is 31.5 Å². The van der Waals surface area contributed by atoms with Crippen LogP contribution in [0.15, 0.2) is 6.07 Å². The van der Waals surface area contributed by atoms with E-state index in [-0.39, 0.29) is 17.9 Å². The highest BCUT2D eigenvalue weighted by Crippen LogP contribution is 2.12. The number of amides is 1. The highest BCUT2D eigenvalue weighted by Gasteiger charge is 2.21. The van der Waals surface area contributed by atoms with E-state index in [2.05, 4.69) is 20.6 Å². The van der Waals surface area contributed by atoms with Gasteiger partial charge in [-0.1, -0.05) is 18.0 Å². The van der Waals surface area contributed by atoms with E-state index in [4.69, 9.17) is 11.6 Å². The van der Waals surface area contributed by atoms with Gasteiger partial charge in [0.25, 0.3) is 0 Å². The molecular formula is C11H15ClN4O. The summed E-state index contributed by atoms with van der Waals surface area (Å²) in [5.41, 5.74) is 0.733. The fourth-order valence-electron chi connectivity index (χ4n) is 1.86. The molecule has 17 heavy (non-hydrogen) atoms. The molecule has 0 bridgehead atoms. The molecular weight excluding hydrogens is 240 g/mol. The molecule has 2 heterocycles. The molecule has 1 atom stereocenters. The van der Waals surface area contributed by atoms with Crippen molar-refractivity contribution in [2.75, 3.05) is 11.9 Å². The van der Waals surface area contributed by atoms with Crippen LogP contribution in [0.4, 0.5) is 5.95 Å². The molecule has 0 radical (unpaired) electrons. The maximum absolute atomic E-state index is 11.9. The number of nitrogens with zero attached hydrogens (tertiary/aromatic N) is 2. The van der Waals surface area contributed by atoms with E-state index in [9.17, 15) is 4.79 Å². The minimum Gasteiger partial charge on any atom is -0.306 e. The monoisotopic (exact) mass is 254 g/mol. The smallest absolute Gasteiger partial charge is 0.243 e. The standard InChI is InChI=1S/C11H15ClN4O/c1-7-6-9(12)15-11(14-7)16-10(17)8-4-2-3-5-13-8/h6,8,13H,2-5H2,1H3,(H,14,15,16,17)/t8-/m1/s1. The Labute approximate surface area is 105 Å². The minimum atomic E-state index is -0.147. The first kappa shape index (κ1) is 12.3. The summed E-state index contributed by atoms with van der Waals surface area (Å²) in [7, 11) is 0. The van der Waals surface area contributed by atoms with Gasteiger partial charge in [0, 0.05) is 5.69 Å². The lowest BCUT2D eigenvalue weighted by Gasteiger charge is -2.22. The van der Waals surface area contributed by atoms with Crippen molar-refractivity contribution in [3.05, 3.63) is 16.9 Å². The highest BCUT2D eigenvalue weighted by molar-refractivity contribution is 6.29. The molecule has 2 N–H and O–H groups in total. The number of rotatable bonds is 2. The zero-order valence-corrected chi connectivity index (χ0v) is 10.4. The van der Waals surface area contributed by atoms with Gasteiger partial charge in [-0.15, -0.1) is 0 Å². The number of hydrogen-bond acceptors (Lipinski definition) is 4. The van der Waals surface area contributed by atoms with Gasteiger partial charge >= 0.3 is 0 Å².